The van der Waals surface area contributed by atoms with Crippen molar-refractivity contribution in [3.8, 4) is 11.5 Å². The molecule has 0 fully saturated rings. The summed E-state index contributed by atoms with van der Waals surface area (Å²) in [6, 6.07) is 10.3. The molecule has 0 unspecified atom stereocenters. The second-order valence-corrected chi connectivity index (χ2v) is 8.29. The van der Waals surface area contributed by atoms with E-state index in [0.29, 0.717) is 11.5 Å². The van der Waals surface area contributed by atoms with Crippen molar-refractivity contribution in [2.75, 3.05) is 33.9 Å². The quantitative estimate of drug-likeness (QED) is 0.664. The highest BCUT2D eigenvalue weighted by Crippen LogP contribution is 2.19. The molecule has 0 radical (unpaired) electrons. The standard InChI is InChI=1S/C16H20N2O5S2/c1-18(25(20,21)16-7-4-10-24-16)12-15(19)17-8-9-23-14-6-3-5-13(11-14)22-2/h3-7,10-11H,8-9,12H2,1-2H3,(H,17,19). The highest BCUT2D eigenvalue weighted by molar-refractivity contribution is 7.91. The highest BCUT2D eigenvalue weighted by Gasteiger charge is 2.23. The molecule has 2 aromatic rings. The summed E-state index contributed by atoms with van der Waals surface area (Å²) in [5, 5.41) is 4.31. The lowest BCUT2D eigenvalue weighted by Crippen LogP contribution is -2.39. The van der Waals surface area contributed by atoms with Crippen LogP contribution in [0, 0.1) is 0 Å². The third kappa shape index (κ3) is 5.45. The van der Waals surface area contributed by atoms with Crippen molar-refractivity contribution in [2.24, 2.45) is 0 Å². The second kappa shape index (κ2) is 8.84. The number of hydrogen-bond donors (Lipinski definition) is 1. The van der Waals surface area contributed by atoms with Gasteiger partial charge in [0.25, 0.3) is 10.0 Å². The molecule has 0 aliphatic heterocycles. The lowest BCUT2D eigenvalue weighted by Gasteiger charge is -2.15. The van der Waals surface area contributed by atoms with Gasteiger partial charge in [-0.05, 0) is 23.6 Å². The maximum Gasteiger partial charge on any atom is 0.252 e. The van der Waals surface area contributed by atoms with Crippen molar-refractivity contribution < 1.29 is 22.7 Å². The number of likely N-dealkylation sites (N-methyl/N-ethyl adjacent to an activating group) is 1. The number of carbonyl (C=O) groups is 1. The molecule has 0 spiro atoms. The monoisotopic (exact) mass is 384 g/mol. The maximum absolute atomic E-state index is 12.2. The van der Waals surface area contributed by atoms with E-state index in [1.807, 2.05) is 0 Å². The van der Waals surface area contributed by atoms with E-state index < -0.39 is 15.9 Å². The number of nitrogens with zero attached hydrogens (tertiary/aromatic N) is 1. The Balaban J connectivity index is 1.75. The van der Waals surface area contributed by atoms with E-state index >= 15 is 0 Å². The summed E-state index contributed by atoms with van der Waals surface area (Å²) in [7, 11) is -0.680. The minimum absolute atomic E-state index is 0.212. The van der Waals surface area contributed by atoms with Gasteiger partial charge in [-0.3, -0.25) is 4.79 Å². The van der Waals surface area contributed by atoms with E-state index in [0.717, 1.165) is 15.6 Å². The van der Waals surface area contributed by atoms with Crippen LogP contribution in [0.15, 0.2) is 46.0 Å². The summed E-state index contributed by atoms with van der Waals surface area (Å²) in [6.45, 7) is 0.280. The molecule has 1 amide bonds. The third-order valence-electron chi connectivity index (χ3n) is 3.26. The number of hydrogen-bond acceptors (Lipinski definition) is 6. The van der Waals surface area contributed by atoms with E-state index in [2.05, 4.69) is 5.32 Å². The van der Waals surface area contributed by atoms with Crippen molar-refractivity contribution in [3.63, 3.8) is 0 Å². The molecule has 0 atom stereocenters. The SMILES string of the molecule is COc1cccc(OCCNC(=O)CN(C)S(=O)(=O)c2cccs2)c1. The minimum Gasteiger partial charge on any atom is -0.497 e. The van der Waals surface area contributed by atoms with Crippen LogP contribution in [0.25, 0.3) is 0 Å². The second-order valence-electron chi connectivity index (χ2n) is 5.07. The van der Waals surface area contributed by atoms with Crippen molar-refractivity contribution in [1.29, 1.82) is 0 Å². The van der Waals surface area contributed by atoms with E-state index in [1.54, 1.807) is 42.8 Å². The first kappa shape index (κ1) is 19.2. The first-order valence-corrected chi connectivity index (χ1v) is 9.79. The normalized spacial score (nSPS) is 11.3. The van der Waals surface area contributed by atoms with Crippen LogP contribution in [0.5, 0.6) is 11.5 Å². The zero-order valence-corrected chi connectivity index (χ0v) is 15.6. The lowest BCUT2D eigenvalue weighted by molar-refractivity contribution is -0.121. The van der Waals surface area contributed by atoms with Crippen LogP contribution < -0.4 is 14.8 Å². The fourth-order valence-corrected chi connectivity index (χ4v) is 4.29. The molecule has 2 rings (SSSR count). The van der Waals surface area contributed by atoms with Crippen LogP contribution in [0.2, 0.25) is 0 Å². The lowest BCUT2D eigenvalue weighted by atomic mass is 10.3. The van der Waals surface area contributed by atoms with Gasteiger partial charge in [-0.25, -0.2) is 8.42 Å². The molecule has 0 aliphatic carbocycles. The molecular weight excluding hydrogens is 364 g/mol. The van der Waals surface area contributed by atoms with Gasteiger partial charge in [0.15, 0.2) is 0 Å². The number of carbonyl (C=O) groups excluding carboxylic acids is 1. The van der Waals surface area contributed by atoms with Gasteiger partial charge in [-0.1, -0.05) is 12.1 Å². The predicted octanol–water partition coefficient (Wildman–Crippen LogP) is 1.57. The maximum atomic E-state index is 12.2. The Bertz CT molecular complexity index is 791. The highest BCUT2D eigenvalue weighted by atomic mass is 32.2. The number of thiophene rings is 1. The Morgan fingerprint density at radius 2 is 2.00 bits per heavy atom. The average molecular weight is 384 g/mol. The molecule has 1 heterocycles. The molecule has 1 aromatic carbocycles. The zero-order chi connectivity index (χ0) is 18.3. The summed E-state index contributed by atoms with van der Waals surface area (Å²) in [5.41, 5.74) is 0. The average Bonchev–Trinajstić information content (AvgIpc) is 3.14. The Labute approximate surface area is 151 Å². The van der Waals surface area contributed by atoms with Gasteiger partial charge in [-0.2, -0.15) is 4.31 Å². The van der Waals surface area contributed by atoms with Crippen LogP contribution in [-0.2, 0) is 14.8 Å². The van der Waals surface area contributed by atoms with Crippen LogP contribution >= 0.6 is 11.3 Å². The van der Waals surface area contributed by atoms with Gasteiger partial charge in [0.2, 0.25) is 5.91 Å². The van der Waals surface area contributed by atoms with Gasteiger partial charge in [-0.15, -0.1) is 11.3 Å². The largest absolute Gasteiger partial charge is 0.497 e. The van der Waals surface area contributed by atoms with Crippen LogP contribution in [-0.4, -0.2) is 52.5 Å². The fourth-order valence-electron chi connectivity index (χ4n) is 1.96. The smallest absolute Gasteiger partial charge is 0.252 e. The van der Waals surface area contributed by atoms with Crippen LogP contribution in [0.1, 0.15) is 0 Å². The molecule has 1 N–H and O–H groups in total. The van der Waals surface area contributed by atoms with Crippen molar-refractivity contribution >= 4 is 27.3 Å². The molecule has 25 heavy (non-hydrogen) atoms. The summed E-state index contributed by atoms with van der Waals surface area (Å²) < 4.78 is 36.3. The van der Waals surface area contributed by atoms with E-state index in [9.17, 15) is 13.2 Å². The van der Waals surface area contributed by atoms with Gasteiger partial charge in [0, 0.05) is 13.1 Å². The molecule has 0 saturated heterocycles. The zero-order valence-electron chi connectivity index (χ0n) is 14.0. The fraction of sp³-hybridized carbons (Fsp3) is 0.312. The first-order valence-electron chi connectivity index (χ1n) is 7.47. The van der Waals surface area contributed by atoms with Crippen LogP contribution in [0.4, 0.5) is 0 Å². The number of rotatable bonds is 9. The summed E-state index contributed by atoms with van der Waals surface area (Å²) >= 11 is 1.12. The molecule has 0 saturated carbocycles. The van der Waals surface area contributed by atoms with E-state index in [1.165, 1.54) is 13.1 Å². The Morgan fingerprint density at radius 3 is 2.68 bits per heavy atom. The number of nitrogens with one attached hydrogen (secondary N) is 1. The van der Waals surface area contributed by atoms with Gasteiger partial charge in [0.1, 0.15) is 22.3 Å². The number of amides is 1. The number of ether oxygens (including phenoxy) is 2. The molecule has 7 nitrogen and oxygen atoms in total. The molecule has 9 heteroatoms. The predicted molar refractivity (Wildman–Crippen MR) is 95.6 cm³/mol. The van der Waals surface area contributed by atoms with Crippen molar-refractivity contribution in [3.05, 3.63) is 41.8 Å². The number of sulfonamides is 1. The van der Waals surface area contributed by atoms with Gasteiger partial charge in [0.05, 0.1) is 20.2 Å². The third-order valence-corrected chi connectivity index (χ3v) is 6.44. The van der Waals surface area contributed by atoms with Crippen molar-refractivity contribution in [2.45, 2.75) is 4.21 Å². The van der Waals surface area contributed by atoms with Gasteiger partial charge >= 0.3 is 0 Å². The number of benzene rings is 1. The minimum atomic E-state index is -3.63. The van der Waals surface area contributed by atoms with E-state index in [-0.39, 0.29) is 23.9 Å². The molecule has 0 aliphatic rings. The molecule has 0 bridgehead atoms. The first-order chi connectivity index (χ1) is 11.9. The Morgan fingerprint density at radius 1 is 1.24 bits per heavy atom. The van der Waals surface area contributed by atoms with Crippen molar-refractivity contribution in [1.82, 2.24) is 9.62 Å². The Kier molecular flexibility index (Phi) is 6.80. The number of methoxy groups -OCH3 is 1. The Hall–Kier alpha value is -2.10. The van der Waals surface area contributed by atoms with Gasteiger partial charge < -0.3 is 14.8 Å². The molecular formula is C16H20N2O5S2. The summed E-state index contributed by atoms with van der Waals surface area (Å²) in [6.07, 6.45) is 0. The topological polar surface area (TPSA) is 84.9 Å². The molecule has 1 aromatic heterocycles. The molecule has 136 valence electrons. The summed E-state index contributed by atoms with van der Waals surface area (Å²) in [5.74, 6) is 0.921. The summed E-state index contributed by atoms with van der Waals surface area (Å²) in [4.78, 5) is 11.9. The van der Waals surface area contributed by atoms with E-state index in [4.69, 9.17) is 9.47 Å². The van der Waals surface area contributed by atoms with Crippen LogP contribution in [0.3, 0.4) is 0 Å².